The van der Waals surface area contributed by atoms with Crippen LogP contribution in [0.3, 0.4) is 0 Å². The standard InChI is InChI=1S/C11H18N2O/c1-11(2)5-3-4-10(11)13-7-9-6-12-8-14-9/h6,8,10,13H,3-5,7H2,1-2H3. The molecule has 1 unspecified atom stereocenters. The molecule has 3 heteroatoms. The lowest BCUT2D eigenvalue weighted by Crippen LogP contribution is -2.37. The highest BCUT2D eigenvalue weighted by molar-refractivity contribution is 4.93. The molecule has 1 aliphatic carbocycles. The molecule has 0 amide bonds. The Hall–Kier alpha value is -0.830. The van der Waals surface area contributed by atoms with Gasteiger partial charge in [0.2, 0.25) is 0 Å². The van der Waals surface area contributed by atoms with Crippen molar-refractivity contribution in [2.24, 2.45) is 5.41 Å². The quantitative estimate of drug-likeness (QED) is 0.802. The predicted octanol–water partition coefficient (Wildman–Crippen LogP) is 2.34. The van der Waals surface area contributed by atoms with Crippen LogP contribution in [0.25, 0.3) is 0 Å². The number of aromatic nitrogens is 1. The third kappa shape index (κ3) is 1.98. The van der Waals surface area contributed by atoms with Crippen LogP contribution in [-0.2, 0) is 6.54 Å². The molecule has 0 bridgehead atoms. The van der Waals surface area contributed by atoms with Crippen molar-refractivity contribution in [3.05, 3.63) is 18.4 Å². The van der Waals surface area contributed by atoms with E-state index in [-0.39, 0.29) is 0 Å². The first-order valence-corrected chi connectivity index (χ1v) is 5.29. The highest BCUT2D eigenvalue weighted by Gasteiger charge is 2.33. The Morgan fingerprint density at radius 2 is 2.50 bits per heavy atom. The van der Waals surface area contributed by atoms with E-state index < -0.39 is 0 Å². The van der Waals surface area contributed by atoms with Gasteiger partial charge in [0.25, 0.3) is 0 Å². The van der Waals surface area contributed by atoms with Crippen LogP contribution in [0.15, 0.2) is 17.0 Å². The molecule has 1 heterocycles. The summed E-state index contributed by atoms with van der Waals surface area (Å²) in [6.45, 7) is 5.46. The Morgan fingerprint density at radius 1 is 1.64 bits per heavy atom. The Bertz CT molecular complexity index is 279. The predicted molar refractivity (Wildman–Crippen MR) is 54.8 cm³/mol. The van der Waals surface area contributed by atoms with Crippen molar-refractivity contribution in [2.45, 2.75) is 45.7 Å². The number of hydrogen-bond acceptors (Lipinski definition) is 3. The van der Waals surface area contributed by atoms with Crippen LogP contribution >= 0.6 is 0 Å². The molecule has 1 N–H and O–H groups in total. The van der Waals surface area contributed by atoms with Crippen molar-refractivity contribution in [3.8, 4) is 0 Å². The minimum atomic E-state index is 0.431. The Kier molecular flexibility index (Phi) is 2.59. The van der Waals surface area contributed by atoms with Crippen molar-refractivity contribution in [1.82, 2.24) is 10.3 Å². The minimum absolute atomic E-state index is 0.431. The molecule has 3 nitrogen and oxygen atoms in total. The maximum atomic E-state index is 5.19. The fourth-order valence-electron chi connectivity index (χ4n) is 2.26. The fourth-order valence-corrected chi connectivity index (χ4v) is 2.26. The zero-order valence-electron chi connectivity index (χ0n) is 8.92. The molecule has 1 atom stereocenters. The van der Waals surface area contributed by atoms with Gasteiger partial charge in [-0.15, -0.1) is 0 Å². The molecule has 1 fully saturated rings. The van der Waals surface area contributed by atoms with Gasteiger partial charge in [-0.1, -0.05) is 20.3 Å². The maximum absolute atomic E-state index is 5.19. The molecule has 78 valence electrons. The highest BCUT2D eigenvalue weighted by atomic mass is 16.3. The monoisotopic (exact) mass is 194 g/mol. The van der Waals surface area contributed by atoms with Crippen molar-refractivity contribution in [2.75, 3.05) is 0 Å². The topological polar surface area (TPSA) is 38.1 Å². The Morgan fingerprint density at radius 3 is 3.07 bits per heavy atom. The number of nitrogens with zero attached hydrogens (tertiary/aromatic N) is 1. The first-order chi connectivity index (χ1) is 6.68. The van der Waals surface area contributed by atoms with Gasteiger partial charge in [0.05, 0.1) is 12.7 Å². The summed E-state index contributed by atoms with van der Waals surface area (Å²) in [7, 11) is 0. The molecule has 0 aromatic carbocycles. The van der Waals surface area contributed by atoms with Crippen molar-refractivity contribution >= 4 is 0 Å². The number of oxazole rings is 1. The summed E-state index contributed by atoms with van der Waals surface area (Å²) < 4.78 is 5.19. The minimum Gasteiger partial charge on any atom is -0.447 e. The summed E-state index contributed by atoms with van der Waals surface area (Å²) in [6.07, 6.45) is 7.19. The van der Waals surface area contributed by atoms with E-state index in [1.807, 2.05) is 0 Å². The largest absolute Gasteiger partial charge is 0.447 e. The van der Waals surface area contributed by atoms with Gasteiger partial charge < -0.3 is 9.73 Å². The van der Waals surface area contributed by atoms with Gasteiger partial charge in [0.1, 0.15) is 5.76 Å². The van der Waals surface area contributed by atoms with Crippen LogP contribution in [-0.4, -0.2) is 11.0 Å². The van der Waals surface area contributed by atoms with Gasteiger partial charge in [0.15, 0.2) is 6.39 Å². The summed E-state index contributed by atoms with van der Waals surface area (Å²) in [4.78, 5) is 3.90. The van der Waals surface area contributed by atoms with Gasteiger partial charge in [0, 0.05) is 6.04 Å². The van der Waals surface area contributed by atoms with Gasteiger partial charge in [-0.2, -0.15) is 0 Å². The van der Waals surface area contributed by atoms with Crippen LogP contribution in [0.1, 0.15) is 38.9 Å². The summed E-state index contributed by atoms with van der Waals surface area (Å²) in [5.41, 5.74) is 0.431. The third-order valence-electron chi connectivity index (χ3n) is 3.26. The molecular formula is C11H18N2O. The Balaban J connectivity index is 1.86. The van der Waals surface area contributed by atoms with E-state index in [2.05, 4.69) is 24.1 Å². The van der Waals surface area contributed by atoms with Gasteiger partial charge in [-0.05, 0) is 18.3 Å². The lowest BCUT2D eigenvalue weighted by molar-refractivity contribution is 0.276. The SMILES string of the molecule is CC1(C)CCCC1NCc1cnco1. The van der Waals surface area contributed by atoms with Crippen LogP contribution in [0.5, 0.6) is 0 Å². The second-order valence-electron chi connectivity index (χ2n) is 4.78. The zero-order chi connectivity index (χ0) is 10.0. The summed E-state index contributed by atoms with van der Waals surface area (Å²) >= 11 is 0. The maximum Gasteiger partial charge on any atom is 0.180 e. The van der Waals surface area contributed by atoms with Crippen LogP contribution < -0.4 is 5.32 Å². The van der Waals surface area contributed by atoms with Crippen LogP contribution in [0, 0.1) is 5.41 Å². The van der Waals surface area contributed by atoms with E-state index in [4.69, 9.17) is 4.42 Å². The second-order valence-corrected chi connectivity index (χ2v) is 4.78. The van der Waals surface area contributed by atoms with Crippen molar-refractivity contribution in [1.29, 1.82) is 0 Å². The molecule has 1 aromatic heterocycles. The summed E-state index contributed by atoms with van der Waals surface area (Å²) in [5, 5.41) is 3.54. The number of nitrogens with one attached hydrogen (secondary N) is 1. The van der Waals surface area contributed by atoms with Crippen LogP contribution in [0.2, 0.25) is 0 Å². The number of rotatable bonds is 3. The van der Waals surface area contributed by atoms with Gasteiger partial charge in [-0.25, -0.2) is 4.98 Å². The van der Waals surface area contributed by atoms with Crippen LogP contribution in [0.4, 0.5) is 0 Å². The van der Waals surface area contributed by atoms with E-state index in [0.717, 1.165) is 12.3 Å². The average molecular weight is 194 g/mol. The molecule has 1 aromatic rings. The van der Waals surface area contributed by atoms with E-state index in [1.54, 1.807) is 6.20 Å². The average Bonchev–Trinajstić information content (AvgIpc) is 2.71. The second kappa shape index (κ2) is 3.73. The summed E-state index contributed by atoms with van der Waals surface area (Å²) in [5.74, 6) is 0.924. The molecule has 0 saturated heterocycles. The molecule has 0 radical (unpaired) electrons. The molecule has 2 rings (SSSR count). The summed E-state index contributed by atoms with van der Waals surface area (Å²) in [6, 6.07) is 0.618. The van der Waals surface area contributed by atoms with Crippen molar-refractivity contribution < 1.29 is 4.42 Å². The van der Waals surface area contributed by atoms with Crippen molar-refractivity contribution in [3.63, 3.8) is 0 Å². The zero-order valence-corrected chi connectivity index (χ0v) is 8.92. The van der Waals surface area contributed by atoms with E-state index in [1.165, 1.54) is 25.7 Å². The Labute approximate surface area is 84.9 Å². The molecular weight excluding hydrogens is 176 g/mol. The fraction of sp³-hybridized carbons (Fsp3) is 0.727. The lowest BCUT2D eigenvalue weighted by atomic mass is 9.87. The first kappa shape index (κ1) is 9.71. The smallest absolute Gasteiger partial charge is 0.180 e. The molecule has 0 aliphatic heterocycles. The van der Waals surface area contributed by atoms with E-state index in [0.29, 0.717) is 11.5 Å². The molecule has 1 saturated carbocycles. The third-order valence-corrected chi connectivity index (χ3v) is 3.26. The lowest BCUT2D eigenvalue weighted by Gasteiger charge is -2.27. The van der Waals surface area contributed by atoms with E-state index in [9.17, 15) is 0 Å². The van der Waals surface area contributed by atoms with Gasteiger partial charge in [-0.3, -0.25) is 0 Å². The van der Waals surface area contributed by atoms with Gasteiger partial charge >= 0.3 is 0 Å². The molecule has 14 heavy (non-hydrogen) atoms. The normalized spacial score (nSPS) is 25.4. The molecule has 0 spiro atoms. The highest BCUT2D eigenvalue weighted by Crippen LogP contribution is 2.37. The van der Waals surface area contributed by atoms with E-state index >= 15 is 0 Å². The first-order valence-electron chi connectivity index (χ1n) is 5.29. The number of hydrogen-bond donors (Lipinski definition) is 1. The molecule has 1 aliphatic rings.